The Bertz CT molecular complexity index is 340. The summed E-state index contributed by atoms with van der Waals surface area (Å²) in [4.78, 5) is 18.8. The highest BCUT2D eigenvalue weighted by Crippen LogP contribution is 2.35. The lowest BCUT2D eigenvalue weighted by atomic mass is 9.91. The summed E-state index contributed by atoms with van der Waals surface area (Å²) in [5.41, 5.74) is -0.927. The van der Waals surface area contributed by atoms with Crippen molar-refractivity contribution in [2.75, 3.05) is 0 Å². The Morgan fingerprint density at radius 3 is 1.75 bits per heavy atom. The molecule has 1 amide bonds. The van der Waals surface area contributed by atoms with E-state index in [1.54, 1.807) is 0 Å². The topological polar surface area (TPSA) is 32.7 Å². The molecule has 0 N–H and O–H groups in total. The van der Waals surface area contributed by atoms with Gasteiger partial charge in [-0.3, -0.25) is 14.7 Å². The summed E-state index contributed by atoms with van der Waals surface area (Å²) in [5.74, 6) is 1.000. The summed E-state index contributed by atoms with van der Waals surface area (Å²) >= 11 is 0. The standard InChI is InChI=1S/C13H24N2O/c1-11(2,3)9-14-13(7,8)10(16)15(9)12(4,5)6/h1-8H3. The van der Waals surface area contributed by atoms with Gasteiger partial charge >= 0.3 is 0 Å². The molecule has 0 aromatic rings. The highest BCUT2D eigenvalue weighted by molar-refractivity contribution is 6.10. The van der Waals surface area contributed by atoms with Gasteiger partial charge < -0.3 is 0 Å². The van der Waals surface area contributed by atoms with Crippen LogP contribution < -0.4 is 0 Å². The molecule has 3 nitrogen and oxygen atoms in total. The van der Waals surface area contributed by atoms with E-state index in [0.717, 1.165) is 5.84 Å². The van der Waals surface area contributed by atoms with E-state index in [1.807, 2.05) is 39.5 Å². The molecule has 0 fully saturated rings. The van der Waals surface area contributed by atoms with Crippen LogP contribution in [0.1, 0.15) is 55.4 Å². The highest BCUT2D eigenvalue weighted by atomic mass is 16.2. The Morgan fingerprint density at radius 1 is 1.06 bits per heavy atom. The maximum atomic E-state index is 12.3. The highest BCUT2D eigenvalue weighted by Gasteiger charge is 2.48. The van der Waals surface area contributed by atoms with Gasteiger partial charge in [0, 0.05) is 11.0 Å². The van der Waals surface area contributed by atoms with Crippen LogP contribution in [0.3, 0.4) is 0 Å². The molecular weight excluding hydrogens is 200 g/mol. The maximum absolute atomic E-state index is 12.3. The van der Waals surface area contributed by atoms with Crippen LogP contribution in [0.15, 0.2) is 4.99 Å². The van der Waals surface area contributed by atoms with E-state index in [4.69, 9.17) is 0 Å². The maximum Gasteiger partial charge on any atom is 0.255 e. The first-order valence-electron chi connectivity index (χ1n) is 5.82. The van der Waals surface area contributed by atoms with Crippen LogP contribution in [0.2, 0.25) is 0 Å². The third-order valence-electron chi connectivity index (χ3n) is 2.67. The van der Waals surface area contributed by atoms with E-state index in [-0.39, 0.29) is 16.9 Å². The lowest BCUT2D eigenvalue weighted by Gasteiger charge is -2.38. The number of hydrogen-bond donors (Lipinski definition) is 0. The van der Waals surface area contributed by atoms with Gasteiger partial charge in [-0.25, -0.2) is 0 Å². The van der Waals surface area contributed by atoms with E-state index in [0.29, 0.717) is 0 Å². The van der Waals surface area contributed by atoms with Crippen molar-refractivity contribution in [3.05, 3.63) is 0 Å². The first-order valence-corrected chi connectivity index (χ1v) is 5.82. The Balaban J connectivity index is 3.29. The van der Waals surface area contributed by atoms with Crippen molar-refractivity contribution in [2.24, 2.45) is 10.4 Å². The first kappa shape index (κ1) is 13.2. The Kier molecular flexibility index (Phi) is 2.74. The second-order valence-electron chi connectivity index (χ2n) is 7.06. The van der Waals surface area contributed by atoms with Gasteiger partial charge in [0.05, 0.1) is 0 Å². The van der Waals surface area contributed by atoms with Gasteiger partial charge in [-0.2, -0.15) is 0 Å². The Hall–Kier alpha value is -0.860. The van der Waals surface area contributed by atoms with Gasteiger partial charge in [-0.05, 0) is 34.6 Å². The molecule has 0 aliphatic carbocycles. The van der Waals surface area contributed by atoms with E-state index >= 15 is 0 Å². The summed E-state index contributed by atoms with van der Waals surface area (Å²) in [6.45, 7) is 16.2. The third-order valence-corrected chi connectivity index (χ3v) is 2.67. The zero-order valence-electron chi connectivity index (χ0n) is 11.8. The second-order valence-corrected chi connectivity index (χ2v) is 7.06. The molecule has 0 unspecified atom stereocenters. The van der Waals surface area contributed by atoms with E-state index in [9.17, 15) is 4.79 Å². The van der Waals surface area contributed by atoms with Crippen molar-refractivity contribution < 1.29 is 4.79 Å². The Labute approximate surface area is 98.9 Å². The predicted molar refractivity (Wildman–Crippen MR) is 67.6 cm³/mol. The van der Waals surface area contributed by atoms with Crippen molar-refractivity contribution in [1.82, 2.24) is 4.90 Å². The summed E-state index contributed by atoms with van der Waals surface area (Å²) in [6, 6.07) is 0. The number of aliphatic imine (C=N–C) groups is 1. The van der Waals surface area contributed by atoms with Crippen molar-refractivity contribution in [3.63, 3.8) is 0 Å². The predicted octanol–water partition coefficient (Wildman–Crippen LogP) is 2.85. The monoisotopic (exact) mass is 224 g/mol. The third kappa shape index (κ3) is 2.13. The average molecular weight is 224 g/mol. The Morgan fingerprint density at radius 2 is 1.50 bits per heavy atom. The van der Waals surface area contributed by atoms with Crippen molar-refractivity contribution in [3.8, 4) is 0 Å². The van der Waals surface area contributed by atoms with E-state index in [2.05, 4.69) is 25.8 Å². The van der Waals surface area contributed by atoms with Crippen LogP contribution in [0.4, 0.5) is 0 Å². The van der Waals surface area contributed by atoms with Crippen LogP contribution in [-0.2, 0) is 4.79 Å². The number of rotatable bonds is 0. The minimum absolute atomic E-state index is 0.100. The van der Waals surface area contributed by atoms with E-state index in [1.165, 1.54) is 0 Å². The molecule has 3 heteroatoms. The smallest absolute Gasteiger partial charge is 0.255 e. The molecule has 0 spiro atoms. The number of hydrogen-bond acceptors (Lipinski definition) is 2. The second kappa shape index (κ2) is 3.31. The first-order chi connectivity index (χ1) is 6.87. The SMILES string of the molecule is CC(C)(C)C1=NC(C)(C)C(=O)N1C(C)(C)C. The molecule has 0 radical (unpaired) electrons. The largest absolute Gasteiger partial charge is 0.293 e. The molecule has 1 aliphatic rings. The molecule has 0 aromatic heterocycles. The van der Waals surface area contributed by atoms with Gasteiger partial charge in [-0.1, -0.05) is 20.8 Å². The molecule has 1 heterocycles. The van der Waals surface area contributed by atoms with Crippen molar-refractivity contribution in [1.29, 1.82) is 0 Å². The normalized spacial score (nSPS) is 21.4. The van der Waals surface area contributed by atoms with Crippen LogP contribution in [0.25, 0.3) is 0 Å². The molecule has 92 valence electrons. The average Bonchev–Trinajstić information content (AvgIpc) is 2.20. The van der Waals surface area contributed by atoms with Gasteiger partial charge in [0.25, 0.3) is 5.91 Å². The lowest BCUT2D eigenvalue weighted by molar-refractivity contribution is -0.133. The molecule has 16 heavy (non-hydrogen) atoms. The molecule has 0 saturated heterocycles. The van der Waals surface area contributed by atoms with Crippen molar-refractivity contribution >= 4 is 11.7 Å². The molecule has 0 bridgehead atoms. The number of nitrogens with zero attached hydrogens (tertiary/aromatic N) is 2. The quantitative estimate of drug-likeness (QED) is 0.622. The summed E-state index contributed by atoms with van der Waals surface area (Å²) in [6.07, 6.45) is 0. The van der Waals surface area contributed by atoms with Crippen LogP contribution >= 0.6 is 0 Å². The van der Waals surface area contributed by atoms with Gasteiger partial charge in [0.15, 0.2) is 0 Å². The fraction of sp³-hybridized carbons (Fsp3) is 0.846. The summed E-state index contributed by atoms with van der Waals surface area (Å²) in [5, 5.41) is 0. The zero-order chi connectivity index (χ0) is 12.9. The summed E-state index contributed by atoms with van der Waals surface area (Å²) in [7, 11) is 0. The van der Waals surface area contributed by atoms with Crippen LogP contribution in [0.5, 0.6) is 0 Å². The van der Waals surface area contributed by atoms with Gasteiger partial charge in [0.2, 0.25) is 0 Å². The minimum atomic E-state index is -0.615. The molecule has 1 rings (SSSR count). The van der Waals surface area contributed by atoms with Crippen molar-refractivity contribution in [2.45, 2.75) is 66.5 Å². The molecule has 0 aromatic carbocycles. The minimum Gasteiger partial charge on any atom is -0.293 e. The molecule has 0 saturated carbocycles. The van der Waals surface area contributed by atoms with Crippen LogP contribution in [0, 0.1) is 5.41 Å². The molecule has 1 aliphatic heterocycles. The number of carbonyl (C=O) groups excluding carboxylic acids is 1. The van der Waals surface area contributed by atoms with Crippen LogP contribution in [-0.4, -0.2) is 27.7 Å². The van der Waals surface area contributed by atoms with E-state index < -0.39 is 5.54 Å². The number of amides is 1. The van der Waals surface area contributed by atoms with Gasteiger partial charge in [-0.15, -0.1) is 0 Å². The zero-order valence-corrected chi connectivity index (χ0v) is 11.8. The number of amidine groups is 1. The molecular formula is C13H24N2O. The fourth-order valence-electron chi connectivity index (χ4n) is 1.86. The fourth-order valence-corrected chi connectivity index (χ4v) is 1.86. The number of carbonyl (C=O) groups is 1. The van der Waals surface area contributed by atoms with Gasteiger partial charge in [0.1, 0.15) is 11.4 Å². The summed E-state index contributed by atoms with van der Waals surface area (Å²) < 4.78 is 0. The lowest BCUT2D eigenvalue weighted by Crippen LogP contribution is -2.52. The molecule has 0 atom stereocenters.